The average Bonchev–Trinajstić information content (AvgIpc) is 2.15. The van der Waals surface area contributed by atoms with Crippen LogP contribution in [0.25, 0.3) is 0 Å². The number of hydrogen-bond acceptors (Lipinski definition) is 4. The van der Waals surface area contributed by atoms with Crippen LogP contribution in [0, 0.1) is 0 Å². The van der Waals surface area contributed by atoms with Gasteiger partial charge in [0.25, 0.3) is 0 Å². The lowest BCUT2D eigenvalue weighted by molar-refractivity contribution is 0.0691. The maximum absolute atomic E-state index is 10.8. The molecule has 0 radical (unpaired) electrons. The Labute approximate surface area is 80.4 Å². The molecule has 0 heterocycles. The molecule has 0 saturated carbocycles. The molecular weight excluding hydrogens is 186 g/mol. The van der Waals surface area contributed by atoms with Crippen molar-refractivity contribution in [3.63, 3.8) is 0 Å². The third-order valence-corrected chi connectivity index (χ3v) is 1.88. The first-order valence-electron chi connectivity index (χ1n) is 3.99. The molecule has 5 N–H and O–H groups in total. The maximum atomic E-state index is 10.8. The lowest BCUT2D eigenvalue weighted by atomic mass is 10.0. The molecule has 1 aromatic carbocycles. The van der Waals surface area contributed by atoms with Gasteiger partial charge in [0, 0.05) is 0 Å². The highest BCUT2D eigenvalue weighted by atomic mass is 16.4. The molecule has 0 spiro atoms. The van der Waals surface area contributed by atoms with Crippen molar-refractivity contribution < 1.29 is 20.1 Å². The van der Waals surface area contributed by atoms with Gasteiger partial charge in [-0.05, 0) is 11.6 Å². The highest BCUT2D eigenvalue weighted by Gasteiger charge is 2.18. The Morgan fingerprint density at radius 3 is 2.64 bits per heavy atom. The summed E-state index contributed by atoms with van der Waals surface area (Å²) in [5, 5.41) is 26.9. The number of aliphatic hydroxyl groups excluding tert-OH is 1. The maximum Gasteiger partial charge on any atom is 0.339 e. The first-order chi connectivity index (χ1) is 6.57. The van der Waals surface area contributed by atoms with E-state index in [0.29, 0.717) is 0 Å². The fraction of sp³-hybridized carbons (Fsp3) is 0.222. The zero-order valence-corrected chi connectivity index (χ0v) is 7.34. The number of aromatic carboxylic acids is 1. The predicted molar refractivity (Wildman–Crippen MR) is 49.1 cm³/mol. The lowest BCUT2D eigenvalue weighted by Crippen LogP contribution is -2.18. The summed E-state index contributed by atoms with van der Waals surface area (Å²) in [7, 11) is 0. The average molecular weight is 197 g/mol. The third-order valence-electron chi connectivity index (χ3n) is 1.88. The van der Waals surface area contributed by atoms with Crippen molar-refractivity contribution >= 4 is 5.97 Å². The first-order valence-corrected chi connectivity index (χ1v) is 3.99. The van der Waals surface area contributed by atoms with Gasteiger partial charge in [-0.15, -0.1) is 0 Å². The third kappa shape index (κ3) is 1.84. The molecule has 0 bridgehead atoms. The van der Waals surface area contributed by atoms with Gasteiger partial charge in [-0.25, -0.2) is 4.79 Å². The summed E-state index contributed by atoms with van der Waals surface area (Å²) in [6.45, 7) is -0.371. The number of aromatic hydroxyl groups is 1. The van der Waals surface area contributed by atoms with E-state index in [1.54, 1.807) is 0 Å². The van der Waals surface area contributed by atoms with E-state index < -0.39 is 12.0 Å². The molecule has 1 unspecified atom stereocenters. The fourth-order valence-electron chi connectivity index (χ4n) is 1.20. The van der Waals surface area contributed by atoms with Gasteiger partial charge < -0.3 is 21.1 Å². The Morgan fingerprint density at radius 1 is 1.50 bits per heavy atom. The minimum atomic E-state index is -1.26. The quantitative estimate of drug-likeness (QED) is 0.549. The molecule has 5 heteroatoms. The van der Waals surface area contributed by atoms with Crippen LogP contribution < -0.4 is 5.73 Å². The molecule has 0 aliphatic rings. The lowest BCUT2D eigenvalue weighted by Gasteiger charge is -2.12. The summed E-state index contributed by atoms with van der Waals surface area (Å²) >= 11 is 0. The van der Waals surface area contributed by atoms with E-state index in [-0.39, 0.29) is 23.5 Å². The molecular formula is C9H11NO4. The fourth-order valence-corrected chi connectivity index (χ4v) is 1.20. The van der Waals surface area contributed by atoms with Crippen molar-refractivity contribution in [3.8, 4) is 5.75 Å². The van der Waals surface area contributed by atoms with Crippen LogP contribution in [0.4, 0.5) is 0 Å². The van der Waals surface area contributed by atoms with Gasteiger partial charge in [-0.1, -0.05) is 12.1 Å². The van der Waals surface area contributed by atoms with E-state index in [4.69, 9.17) is 15.9 Å². The van der Waals surface area contributed by atoms with Gasteiger partial charge in [0.05, 0.1) is 12.6 Å². The Kier molecular flexibility index (Phi) is 3.06. The molecule has 0 aliphatic carbocycles. The molecule has 76 valence electrons. The monoisotopic (exact) mass is 197 g/mol. The molecule has 0 fully saturated rings. The van der Waals surface area contributed by atoms with Crippen LogP contribution in [-0.2, 0) is 0 Å². The number of hydrogen-bond donors (Lipinski definition) is 4. The number of nitrogens with two attached hydrogens (primary N) is 1. The van der Waals surface area contributed by atoms with Crippen molar-refractivity contribution in [2.24, 2.45) is 5.73 Å². The van der Waals surface area contributed by atoms with Gasteiger partial charge >= 0.3 is 5.97 Å². The number of rotatable bonds is 3. The first kappa shape index (κ1) is 10.5. The van der Waals surface area contributed by atoms with E-state index in [1.165, 1.54) is 18.2 Å². The van der Waals surface area contributed by atoms with Crippen molar-refractivity contribution in [3.05, 3.63) is 29.3 Å². The van der Waals surface area contributed by atoms with Gasteiger partial charge in [0.15, 0.2) is 0 Å². The van der Waals surface area contributed by atoms with Gasteiger partial charge in [0.2, 0.25) is 0 Å². The SMILES string of the molecule is NC(CO)c1cccc(O)c1C(=O)O. The topological polar surface area (TPSA) is 104 Å². The van der Waals surface area contributed by atoms with Crippen LogP contribution in [0.15, 0.2) is 18.2 Å². The summed E-state index contributed by atoms with van der Waals surface area (Å²) in [6.07, 6.45) is 0. The van der Waals surface area contributed by atoms with Crippen LogP contribution in [0.5, 0.6) is 5.75 Å². The minimum absolute atomic E-state index is 0.222. The second-order valence-corrected chi connectivity index (χ2v) is 2.84. The molecule has 1 atom stereocenters. The number of benzene rings is 1. The largest absolute Gasteiger partial charge is 0.507 e. The Balaban J connectivity index is 3.28. The number of phenols is 1. The predicted octanol–water partition coefficient (Wildman–Crippen LogP) is 0.0825. The molecule has 14 heavy (non-hydrogen) atoms. The number of carboxylic acids is 1. The van der Waals surface area contributed by atoms with E-state index in [0.717, 1.165) is 0 Å². The second-order valence-electron chi connectivity index (χ2n) is 2.84. The Bertz CT molecular complexity index is 351. The van der Waals surface area contributed by atoms with Crippen LogP contribution in [-0.4, -0.2) is 27.9 Å². The second kappa shape index (κ2) is 4.08. The molecule has 5 nitrogen and oxygen atoms in total. The zero-order valence-electron chi connectivity index (χ0n) is 7.34. The summed E-state index contributed by atoms with van der Waals surface area (Å²) in [4.78, 5) is 10.8. The van der Waals surface area contributed by atoms with E-state index in [9.17, 15) is 9.90 Å². The molecule has 1 rings (SSSR count). The van der Waals surface area contributed by atoms with E-state index >= 15 is 0 Å². The number of aliphatic hydroxyl groups is 1. The van der Waals surface area contributed by atoms with Crippen LogP contribution in [0.3, 0.4) is 0 Å². The number of carboxylic acid groups (broad SMARTS) is 1. The van der Waals surface area contributed by atoms with Crippen molar-refractivity contribution in [1.29, 1.82) is 0 Å². The summed E-state index contributed by atoms with van der Waals surface area (Å²) < 4.78 is 0. The summed E-state index contributed by atoms with van der Waals surface area (Å²) in [6, 6.07) is 3.40. The molecule has 1 aromatic rings. The van der Waals surface area contributed by atoms with Gasteiger partial charge in [0.1, 0.15) is 11.3 Å². The molecule has 0 saturated heterocycles. The van der Waals surface area contributed by atoms with Crippen LogP contribution in [0.1, 0.15) is 22.0 Å². The summed E-state index contributed by atoms with van der Waals surface area (Å²) in [5.41, 5.74) is 5.44. The summed E-state index contributed by atoms with van der Waals surface area (Å²) in [5.74, 6) is -1.61. The van der Waals surface area contributed by atoms with Gasteiger partial charge in [-0.2, -0.15) is 0 Å². The van der Waals surface area contributed by atoms with Crippen molar-refractivity contribution in [2.45, 2.75) is 6.04 Å². The van der Waals surface area contributed by atoms with E-state index in [1.807, 2.05) is 0 Å². The molecule has 0 aliphatic heterocycles. The van der Waals surface area contributed by atoms with Crippen molar-refractivity contribution in [1.82, 2.24) is 0 Å². The highest BCUT2D eigenvalue weighted by Crippen LogP contribution is 2.24. The molecule has 0 amide bonds. The molecule has 0 aromatic heterocycles. The van der Waals surface area contributed by atoms with Crippen LogP contribution >= 0.6 is 0 Å². The van der Waals surface area contributed by atoms with Gasteiger partial charge in [-0.3, -0.25) is 0 Å². The van der Waals surface area contributed by atoms with Crippen LogP contribution in [0.2, 0.25) is 0 Å². The highest BCUT2D eigenvalue weighted by molar-refractivity contribution is 5.92. The zero-order chi connectivity index (χ0) is 10.7. The normalized spacial score (nSPS) is 12.4. The Hall–Kier alpha value is -1.59. The Morgan fingerprint density at radius 2 is 2.14 bits per heavy atom. The number of carbonyl (C=O) groups is 1. The smallest absolute Gasteiger partial charge is 0.339 e. The standard InChI is InChI=1S/C9H11NO4/c10-6(4-11)5-2-1-3-7(12)8(5)9(13)14/h1-3,6,11-12H,4,10H2,(H,13,14). The van der Waals surface area contributed by atoms with E-state index in [2.05, 4.69) is 0 Å². The minimum Gasteiger partial charge on any atom is -0.507 e. The van der Waals surface area contributed by atoms with Crippen molar-refractivity contribution in [2.75, 3.05) is 6.61 Å².